The lowest BCUT2D eigenvalue weighted by molar-refractivity contribution is -0.137. The number of thiazole rings is 1. The standard InChI is InChI=1S/C24H25F4N3O2S/c1-33-11-3-10-29-23(32)21-16-34-22(30-21)15-31(13-17-6-8-20(25)9-7-17)14-18-4-2-5-19(12-18)24(26,27)28/h2,4-9,12,16H,3,10-11,13-15H2,1H3,(H,29,32). The number of nitrogens with zero attached hydrogens (tertiary/aromatic N) is 2. The van der Waals surface area contributed by atoms with Gasteiger partial charge in [0.05, 0.1) is 12.1 Å². The molecule has 0 atom stereocenters. The van der Waals surface area contributed by atoms with Crippen molar-refractivity contribution in [3.8, 4) is 0 Å². The van der Waals surface area contributed by atoms with E-state index in [1.165, 1.54) is 29.5 Å². The molecule has 0 aliphatic carbocycles. The number of hydrogen-bond acceptors (Lipinski definition) is 5. The molecule has 3 rings (SSSR count). The Labute approximate surface area is 199 Å². The Morgan fingerprint density at radius 1 is 1.09 bits per heavy atom. The average Bonchev–Trinajstić information content (AvgIpc) is 3.26. The van der Waals surface area contributed by atoms with Crippen LogP contribution in [0.5, 0.6) is 0 Å². The summed E-state index contributed by atoms with van der Waals surface area (Å²) < 4.78 is 57.7. The maximum absolute atomic E-state index is 13.3. The van der Waals surface area contributed by atoms with E-state index in [1.54, 1.807) is 30.7 Å². The molecule has 0 aliphatic heterocycles. The first-order valence-electron chi connectivity index (χ1n) is 10.6. The van der Waals surface area contributed by atoms with Crippen LogP contribution in [0.15, 0.2) is 53.9 Å². The predicted molar refractivity (Wildman–Crippen MR) is 122 cm³/mol. The summed E-state index contributed by atoms with van der Waals surface area (Å²) in [6.07, 6.45) is -3.75. The molecule has 5 nitrogen and oxygen atoms in total. The summed E-state index contributed by atoms with van der Waals surface area (Å²) in [6, 6.07) is 11.1. The van der Waals surface area contributed by atoms with Crippen molar-refractivity contribution in [1.29, 1.82) is 0 Å². The molecule has 1 heterocycles. The fraction of sp³-hybridized carbons (Fsp3) is 0.333. The van der Waals surface area contributed by atoms with Crippen molar-refractivity contribution in [3.05, 3.63) is 87.1 Å². The van der Waals surface area contributed by atoms with Gasteiger partial charge >= 0.3 is 6.18 Å². The highest BCUT2D eigenvalue weighted by Crippen LogP contribution is 2.30. The van der Waals surface area contributed by atoms with E-state index in [0.717, 1.165) is 17.7 Å². The van der Waals surface area contributed by atoms with E-state index in [9.17, 15) is 22.4 Å². The third kappa shape index (κ3) is 7.89. The van der Waals surface area contributed by atoms with Crippen molar-refractivity contribution in [2.45, 2.75) is 32.2 Å². The largest absolute Gasteiger partial charge is 0.416 e. The van der Waals surface area contributed by atoms with E-state index >= 15 is 0 Å². The molecule has 34 heavy (non-hydrogen) atoms. The minimum Gasteiger partial charge on any atom is -0.385 e. The maximum Gasteiger partial charge on any atom is 0.416 e. The molecule has 0 unspecified atom stereocenters. The highest BCUT2D eigenvalue weighted by Gasteiger charge is 2.30. The molecule has 0 radical (unpaired) electrons. The zero-order valence-corrected chi connectivity index (χ0v) is 19.4. The number of carbonyl (C=O) groups excluding carboxylic acids is 1. The van der Waals surface area contributed by atoms with Gasteiger partial charge in [-0.3, -0.25) is 9.69 Å². The number of aromatic nitrogens is 1. The lowest BCUT2D eigenvalue weighted by Gasteiger charge is -2.22. The van der Waals surface area contributed by atoms with Crippen molar-refractivity contribution >= 4 is 17.2 Å². The minimum absolute atomic E-state index is 0.222. The van der Waals surface area contributed by atoms with E-state index in [-0.39, 0.29) is 18.3 Å². The predicted octanol–water partition coefficient (Wildman–Crippen LogP) is 5.27. The second-order valence-electron chi connectivity index (χ2n) is 7.70. The van der Waals surface area contributed by atoms with Gasteiger partial charge in [0, 0.05) is 38.7 Å². The Balaban J connectivity index is 1.73. The molecule has 0 fully saturated rings. The molecule has 0 saturated heterocycles. The Morgan fingerprint density at radius 3 is 2.53 bits per heavy atom. The molecule has 0 bridgehead atoms. The highest BCUT2D eigenvalue weighted by molar-refractivity contribution is 7.09. The lowest BCUT2D eigenvalue weighted by Crippen LogP contribution is -2.26. The van der Waals surface area contributed by atoms with Crippen molar-refractivity contribution < 1.29 is 27.1 Å². The normalized spacial score (nSPS) is 11.7. The molecule has 10 heteroatoms. The number of alkyl halides is 3. The van der Waals surface area contributed by atoms with E-state index in [1.807, 2.05) is 4.90 Å². The van der Waals surface area contributed by atoms with Gasteiger partial charge in [-0.2, -0.15) is 13.2 Å². The van der Waals surface area contributed by atoms with Crippen LogP contribution in [0.1, 0.15) is 38.6 Å². The molecule has 1 amide bonds. The van der Waals surface area contributed by atoms with E-state index in [4.69, 9.17) is 4.74 Å². The molecule has 0 spiro atoms. The number of halogens is 4. The molecular formula is C24H25F4N3O2S. The van der Waals surface area contributed by atoms with Gasteiger partial charge in [0.2, 0.25) is 0 Å². The Hall–Kier alpha value is -2.82. The summed E-state index contributed by atoms with van der Waals surface area (Å²) in [5, 5.41) is 5.08. The van der Waals surface area contributed by atoms with E-state index in [0.29, 0.717) is 48.9 Å². The van der Waals surface area contributed by atoms with E-state index in [2.05, 4.69) is 10.3 Å². The summed E-state index contributed by atoms with van der Waals surface area (Å²) >= 11 is 1.30. The third-order valence-electron chi connectivity index (χ3n) is 4.93. The van der Waals surface area contributed by atoms with Crippen LogP contribution in [0.3, 0.4) is 0 Å². The molecule has 0 saturated carbocycles. The van der Waals surface area contributed by atoms with Gasteiger partial charge in [-0.15, -0.1) is 11.3 Å². The number of nitrogens with one attached hydrogen (secondary N) is 1. The smallest absolute Gasteiger partial charge is 0.385 e. The first-order chi connectivity index (χ1) is 16.2. The second-order valence-corrected chi connectivity index (χ2v) is 8.64. The van der Waals surface area contributed by atoms with Crippen LogP contribution in [0.2, 0.25) is 0 Å². The number of rotatable bonds is 11. The molecule has 182 valence electrons. The topological polar surface area (TPSA) is 54.5 Å². The Kier molecular flexibility index (Phi) is 9.14. The molecule has 2 aromatic carbocycles. The molecular weight excluding hydrogens is 470 g/mol. The van der Waals surface area contributed by atoms with Gasteiger partial charge in [0.1, 0.15) is 16.5 Å². The van der Waals surface area contributed by atoms with Crippen molar-refractivity contribution in [2.24, 2.45) is 0 Å². The summed E-state index contributed by atoms with van der Waals surface area (Å²) in [5.74, 6) is -0.657. The molecule has 3 aromatic rings. The zero-order chi connectivity index (χ0) is 24.6. The Bertz CT molecular complexity index is 1070. The number of benzene rings is 2. The van der Waals surface area contributed by atoms with Gasteiger partial charge < -0.3 is 10.1 Å². The highest BCUT2D eigenvalue weighted by atomic mass is 32.1. The maximum atomic E-state index is 13.3. The van der Waals surface area contributed by atoms with Crippen molar-refractivity contribution in [2.75, 3.05) is 20.3 Å². The van der Waals surface area contributed by atoms with Gasteiger partial charge in [0.15, 0.2) is 0 Å². The summed E-state index contributed by atoms with van der Waals surface area (Å²) in [7, 11) is 1.59. The van der Waals surface area contributed by atoms with Gasteiger partial charge in [-0.25, -0.2) is 9.37 Å². The summed E-state index contributed by atoms with van der Waals surface area (Å²) in [4.78, 5) is 18.6. The van der Waals surface area contributed by atoms with E-state index < -0.39 is 11.7 Å². The van der Waals surface area contributed by atoms with Crippen LogP contribution < -0.4 is 5.32 Å². The average molecular weight is 496 g/mol. The number of methoxy groups -OCH3 is 1. The number of ether oxygens (including phenoxy) is 1. The summed E-state index contributed by atoms with van der Waals surface area (Å²) in [6.45, 7) is 1.91. The van der Waals surface area contributed by atoms with Gasteiger partial charge in [-0.1, -0.05) is 30.3 Å². The number of carbonyl (C=O) groups is 1. The van der Waals surface area contributed by atoms with Crippen molar-refractivity contribution in [3.63, 3.8) is 0 Å². The van der Waals surface area contributed by atoms with Crippen LogP contribution in [-0.4, -0.2) is 36.1 Å². The van der Waals surface area contributed by atoms with Crippen LogP contribution in [-0.2, 0) is 30.5 Å². The monoisotopic (exact) mass is 495 g/mol. The van der Waals surface area contributed by atoms with Crippen molar-refractivity contribution in [1.82, 2.24) is 15.2 Å². The SMILES string of the molecule is COCCCNC(=O)c1csc(CN(Cc2ccc(F)cc2)Cc2cccc(C(F)(F)F)c2)n1. The number of amides is 1. The molecule has 0 aliphatic rings. The molecule has 1 N–H and O–H groups in total. The van der Waals surface area contributed by atoms with Gasteiger partial charge in [0.25, 0.3) is 5.91 Å². The third-order valence-corrected chi connectivity index (χ3v) is 5.77. The fourth-order valence-corrected chi connectivity index (χ4v) is 4.12. The van der Waals surface area contributed by atoms with Crippen LogP contribution in [0.25, 0.3) is 0 Å². The first-order valence-corrected chi connectivity index (χ1v) is 11.5. The fourth-order valence-electron chi connectivity index (χ4n) is 3.31. The second kappa shape index (κ2) is 12.0. The first kappa shape index (κ1) is 25.8. The zero-order valence-electron chi connectivity index (χ0n) is 18.6. The van der Waals surface area contributed by atoms with Crippen LogP contribution in [0.4, 0.5) is 17.6 Å². The van der Waals surface area contributed by atoms with Crippen LogP contribution in [0, 0.1) is 5.82 Å². The van der Waals surface area contributed by atoms with Gasteiger partial charge in [-0.05, 0) is 35.7 Å². The lowest BCUT2D eigenvalue weighted by atomic mass is 10.1. The van der Waals surface area contributed by atoms with Crippen LogP contribution >= 0.6 is 11.3 Å². The molecule has 1 aromatic heterocycles. The minimum atomic E-state index is -4.43. The summed E-state index contributed by atoms with van der Waals surface area (Å²) in [5.41, 5.74) is 0.872. The number of hydrogen-bond donors (Lipinski definition) is 1. The Morgan fingerprint density at radius 2 is 1.82 bits per heavy atom. The quantitative estimate of drug-likeness (QED) is 0.291.